The van der Waals surface area contributed by atoms with Crippen LogP contribution >= 0.6 is 0 Å². The molecule has 0 aromatic carbocycles. The summed E-state index contributed by atoms with van der Waals surface area (Å²) in [5, 5.41) is 0. The molecule has 15 heavy (non-hydrogen) atoms. The lowest BCUT2D eigenvalue weighted by molar-refractivity contribution is -0.139. The fourth-order valence-electron chi connectivity index (χ4n) is 1.74. The van der Waals surface area contributed by atoms with E-state index >= 15 is 0 Å². The average molecular weight is 207 g/mol. The van der Waals surface area contributed by atoms with E-state index in [2.05, 4.69) is 9.97 Å². The van der Waals surface area contributed by atoms with Crippen molar-refractivity contribution in [1.29, 1.82) is 0 Å². The van der Waals surface area contributed by atoms with Gasteiger partial charge in [0.25, 0.3) is 0 Å². The summed E-state index contributed by atoms with van der Waals surface area (Å²) < 4.78 is 0. The summed E-state index contributed by atoms with van der Waals surface area (Å²) in [6.07, 6.45) is 4.28. The summed E-state index contributed by atoms with van der Waals surface area (Å²) in [5.41, 5.74) is 0.940. The number of imidazole rings is 1. The van der Waals surface area contributed by atoms with Gasteiger partial charge in [-0.1, -0.05) is 6.92 Å². The molecule has 1 aliphatic rings. The Morgan fingerprint density at radius 1 is 1.60 bits per heavy atom. The molecule has 1 fully saturated rings. The van der Waals surface area contributed by atoms with Crippen LogP contribution in [0, 0.1) is 5.92 Å². The fraction of sp³-hybridized carbons (Fsp3) is 0.500. The highest BCUT2D eigenvalue weighted by atomic mass is 16.2. The van der Waals surface area contributed by atoms with Crippen molar-refractivity contribution in [2.45, 2.75) is 19.8 Å². The van der Waals surface area contributed by atoms with Crippen molar-refractivity contribution >= 4 is 11.8 Å². The predicted molar refractivity (Wildman–Crippen MR) is 52.8 cm³/mol. The van der Waals surface area contributed by atoms with Crippen LogP contribution in [0.1, 0.15) is 19.0 Å². The van der Waals surface area contributed by atoms with Crippen LogP contribution in [0.4, 0.5) is 0 Å². The van der Waals surface area contributed by atoms with Crippen molar-refractivity contribution in [3.8, 4) is 0 Å². The summed E-state index contributed by atoms with van der Waals surface area (Å²) in [6.45, 7) is 2.24. The minimum absolute atomic E-state index is 0.0560. The first kappa shape index (κ1) is 9.89. The van der Waals surface area contributed by atoms with Crippen molar-refractivity contribution in [2.75, 3.05) is 6.54 Å². The van der Waals surface area contributed by atoms with Crippen LogP contribution in [-0.2, 0) is 16.0 Å². The van der Waals surface area contributed by atoms with Crippen LogP contribution in [0.3, 0.4) is 0 Å². The zero-order valence-electron chi connectivity index (χ0n) is 8.56. The molecule has 80 valence electrons. The number of nitrogens with zero attached hydrogens (tertiary/aromatic N) is 2. The van der Waals surface area contributed by atoms with E-state index in [0.717, 1.165) is 5.69 Å². The van der Waals surface area contributed by atoms with E-state index in [1.54, 1.807) is 19.4 Å². The van der Waals surface area contributed by atoms with Crippen LogP contribution in [-0.4, -0.2) is 33.2 Å². The van der Waals surface area contributed by atoms with Crippen LogP contribution in [0.5, 0.6) is 0 Å². The van der Waals surface area contributed by atoms with Gasteiger partial charge in [-0.15, -0.1) is 0 Å². The fourth-order valence-corrected chi connectivity index (χ4v) is 1.74. The number of nitrogens with one attached hydrogen (secondary N) is 1. The summed E-state index contributed by atoms with van der Waals surface area (Å²) >= 11 is 0. The monoisotopic (exact) mass is 207 g/mol. The van der Waals surface area contributed by atoms with Crippen molar-refractivity contribution in [3.05, 3.63) is 18.2 Å². The van der Waals surface area contributed by atoms with Crippen molar-refractivity contribution in [3.63, 3.8) is 0 Å². The lowest BCUT2D eigenvalue weighted by atomic mass is 10.1. The molecule has 2 rings (SSSR count). The molecule has 0 bridgehead atoms. The second kappa shape index (κ2) is 3.84. The largest absolute Gasteiger partial charge is 0.348 e. The summed E-state index contributed by atoms with van der Waals surface area (Å²) in [7, 11) is 0. The Labute approximate surface area is 87.5 Å². The first-order valence-corrected chi connectivity index (χ1v) is 5.00. The zero-order valence-corrected chi connectivity index (χ0v) is 8.56. The number of hydrogen-bond acceptors (Lipinski definition) is 3. The maximum atomic E-state index is 11.6. The summed E-state index contributed by atoms with van der Waals surface area (Å²) in [6, 6.07) is 0. The van der Waals surface area contributed by atoms with E-state index in [9.17, 15) is 9.59 Å². The molecular formula is C10H13N3O2. The highest BCUT2D eigenvalue weighted by Crippen LogP contribution is 2.18. The van der Waals surface area contributed by atoms with Crippen LogP contribution < -0.4 is 0 Å². The van der Waals surface area contributed by atoms with Gasteiger partial charge < -0.3 is 4.98 Å². The Morgan fingerprint density at radius 2 is 2.40 bits per heavy atom. The third-order valence-corrected chi connectivity index (χ3v) is 2.63. The van der Waals surface area contributed by atoms with Gasteiger partial charge in [0, 0.05) is 37.2 Å². The molecule has 1 unspecified atom stereocenters. The van der Waals surface area contributed by atoms with Crippen LogP contribution in [0.15, 0.2) is 12.5 Å². The molecule has 0 saturated carbocycles. The highest BCUT2D eigenvalue weighted by molar-refractivity contribution is 6.03. The maximum absolute atomic E-state index is 11.6. The molecule has 1 aromatic rings. The van der Waals surface area contributed by atoms with E-state index in [1.807, 2.05) is 0 Å². The van der Waals surface area contributed by atoms with Crippen molar-refractivity contribution in [1.82, 2.24) is 14.9 Å². The number of carbonyl (C=O) groups is 2. The molecule has 1 N–H and O–H groups in total. The van der Waals surface area contributed by atoms with E-state index in [4.69, 9.17) is 0 Å². The summed E-state index contributed by atoms with van der Waals surface area (Å²) in [5.74, 6) is -0.272. The Hall–Kier alpha value is -1.65. The first-order chi connectivity index (χ1) is 7.18. The molecule has 1 atom stereocenters. The molecule has 5 heteroatoms. The van der Waals surface area contributed by atoms with Gasteiger partial charge in [0.15, 0.2) is 0 Å². The standard InChI is InChI=1S/C10H13N3O2/c1-7-4-9(14)13(10(7)15)3-2-8-5-11-6-12-8/h5-7H,2-4H2,1H3,(H,11,12). The lowest BCUT2D eigenvalue weighted by Crippen LogP contribution is -2.32. The molecule has 1 saturated heterocycles. The van der Waals surface area contributed by atoms with Crippen LogP contribution in [0.2, 0.25) is 0 Å². The number of rotatable bonds is 3. The Balaban J connectivity index is 1.95. The minimum atomic E-state index is -0.153. The topological polar surface area (TPSA) is 66.1 Å². The predicted octanol–water partition coefficient (Wildman–Crippen LogP) is 0.347. The smallest absolute Gasteiger partial charge is 0.232 e. The van der Waals surface area contributed by atoms with Gasteiger partial charge in [-0.25, -0.2) is 4.98 Å². The van der Waals surface area contributed by atoms with Gasteiger partial charge in [-0.05, 0) is 0 Å². The second-order valence-electron chi connectivity index (χ2n) is 3.82. The normalized spacial score (nSPS) is 21.4. The zero-order chi connectivity index (χ0) is 10.8. The SMILES string of the molecule is CC1CC(=O)N(CCc2cnc[nH]2)C1=O. The average Bonchev–Trinajstić information content (AvgIpc) is 2.76. The number of carbonyl (C=O) groups excluding carboxylic acids is 2. The lowest BCUT2D eigenvalue weighted by Gasteiger charge is -2.13. The molecule has 0 aliphatic carbocycles. The third kappa shape index (κ3) is 1.91. The van der Waals surface area contributed by atoms with E-state index in [-0.39, 0.29) is 17.7 Å². The number of likely N-dealkylation sites (tertiary alicyclic amines) is 1. The van der Waals surface area contributed by atoms with Gasteiger partial charge >= 0.3 is 0 Å². The van der Waals surface area contributed by atoms with Crippen LogP contribution in [0.25, 0.3) is 0 Å². The first-order valence-electron chi connectivity index (χ1n) is 5.00. The molecule has 0 radical (unpaired) electrons. The van der Waals surface area contributed by atoms with Gasteiger partial charge in [0.05, 0.1) is 6.33 Å². The highest BCUT2D eigenvalue weighted by Gasteiger charge is 2.34. The number of aromatic nitrogens is 2. The number of H-pyrrole nitrogens is 1. The molecule has 1 aromatic heterocycles. The van der Waals surface area contributed by atoms with Gasteiger partial charge in [0.1, 0.15) is 0 Å². The van der Waals surface area contributed by atoms with Crippen molar-refractivity contribution in [2.24, 2.45) is 5.92 Å². The van der Waals surface area contributed by atoms with E-state index < -0.39 is 0 Å². The van der Waals surface area contributed by atoms with E-state index in [1.165, 1.54) is 4.90 Å². The molecular weight excluding hydrogens is 194 g/mol. The third-order valence-electron chi connectivity index (χ3n) is 2.63. The Bertz CT molecular complexity index is 372. The van der Waals surface area contributed by atoms with Crippen molar-refractivity contribution < 1.29 is 9.59 Å². The molecule has 1 aliphatic heterocycles. The molecule has 5 nitrogen and oxygen atoms in total. The quantitative estimate of drug-likeness (QED) is 0.727. The van der Waals surface area contributed by atoms with Gasteiger partial charge in [-0.3, -0.25) is 14.5 Å². The van der Waals surface area contributed by atoms with E-state index in [0.29, 0.717) is 19.4 Å². The number of hydrogen-bond donors (Lipinski definition) is 1. The number of imide groups is 1. The number of aromatic amines is 1. The summed E-state index contributed by atoms with van der Waals surface area (Å²) in [4.78, 5) is 31.1. The molecule has 2 heterocycles. The minimum Gasteiger partial charge on any atom is -0.348 e. The molecule has 2 amide bonds. The second-order valence-corrected chi connectivity index (χ2v) is 3.82. The molecule has 0 spiro atoms. The maximum Gasteiger partial charge on any atom is 0.232 e. The van der Waals surface area contributed by atoms with Gasteiger partial charge in [0.2, 0.25) is 11.8 Å². The Morgan fingerprint density at radius 3 is 2.93 bits per heavy atom. The van der Waals surface area contributed by atoms with Gasteiger partial charge in [-0.2, -0.15) is 0 Å². The number of amides is 2. The Kier molecular flexibility index (Phi) is 2.53.